The molecule has 0 radical (unpaired) electrons. The Bertz CT molecular complexity index is 191. The molecule has 0 aromatic carbocycles. The van der Waals surface area contributed by atoms with Crippen LogP contribution in [0, 0.1) is 0 Å². The molecule has 1 heterocycles. The fourth-order valence-corrected chi connectivity index (χ4v) is 2.58. The zero-order chi connectivity index (χ0) is 11.5. The summed E-state index contributed by atoms with van der Waals surface area (Å²) in [6.45, 7) is 11.2. The summed E-state index contributed by atoms with van der Waals surface area (Å²) in [5.41, 5.74) is 6.20. The topological polar surface area (TPSA) is 32.5 Å². The molecule has 3 nitrogen and oxygen atoms in total. The Morgan fingerprint density at radius 3 is 2.60 bits per heavy atom. The van der Waals surface area contributed by atoms with Crippen LogP contribution in [-0.2, 0) is 0 Å². The van der Waals surface area contributed by atoms with Gasteiger partial charge >= 0.3 is 0 Å². The Morgan fingerprint density at radius 2 is 2.07 bits per heavy atom. The molecule has 0 aliphatic carbocycles. The Hall–Kier alpha value is -0.120. The van der Waals surface area contributed by atoms with Crippen molar-refractivity contribution >= 4 is 0 Å². The molecular weight excluding hydrogens is 186 g/mol. The van der Waals surface area contributed by atoms with Crippen molar-refractivity contribution in [3.63, 3.8) is 0 Å². The Kier molecular flexibility index (Phi) is 4.56. The molecule has 1 rings (SSSR count). The first-order chi connectivity index (χ1) is 7.01. The third-order valence-corrected chi connectivity index (χ3v) is 3.58. The van der Waals surface area contributed by atoms with Crippen LogP contribution in [0.5, 0.6) is 0 Å². The van der Waals surface area contributed by atoms with E-state index in [1.807, 2.05) is 0 Å². The number of nitrogens with two attached hydrogens (primary N) is 1. The summed E-state index contributed by atoms with van der Waals surface area (Å²) in [4.78, 5) is 5.02. The third-order valence-electron chi connectivity index (χ3n) is 3.58. The number of hydrogen-bond donors (Lipinski definition) is 1. The van der Waals surface area contributed by atoms with Crippen molar-refractivity contribution in [2.24, 2.45) is 5.73 Å². The average molecular weight is 213 g/mol. The second-order valence-electron chi connectivity index (χ2n) is 5.41. The van der Waals surface area contributed by atoms with Gasteiger partial charge < -0.3 is 10.6 Å². The van der Waals surface area contributed by atoms with Gasteiger partial charge in [-0.05, 0) is 46.8 Å². The minimum absolute atomic E-state index is 0.296. The van der Waals surface area contributed by atoms with Gasteiger partial charge in [0.25, 0.3) is 0 Å². The van der Waals surface area contributed by atoms with Gasteiger partial charge in [0.15, 0.2) is 0 Å². The molecule has 0 aromatic heterocycles. The summed E-state index contributed by atoms with van der Waals surface area (Å²) in [5, 5.41) is 0. The highest BCUT2D eigenvalue weighted by Crippen LogP contribution is 2.25. The first-order valence-electron chi connectivity index (χ1n) is 6.16. The molecule has 1 aliphatic rings. The summed E-state index contributed by atoms with van der Waals surface area (Å²) >= 11 is 0. The van der Waals surface area contributed by atoms with E-state index in [2.05, 4.69) is 37.6 Å². The standard InChI is InChI=1S/C12H27N3/c1-5-7-15-11(9-13)10-14(4)8-6-12(15,2)3/h11H,5-10,13H2,1-4H3. The maximum Gasteiger partial charge on any atom is 0.0350 e. The molecule has 1 atom stereocenters. The first-order valence-corrected chi connectivity index (χ1v) is 6.16. The Labute approximate surface area is 94.6 Å². The molecule has 3 heteroatoms. The van der Waals surface area contributed by atoms with E-state index in [0.29, 0.717) is 11.6 Å². The van der Waals surface area contributed by atoms with Crippen molar-refractivity contribution in [1.82, 2.24) is 9.80 Å². The van der Waals surface area contributed by atoms with Gasteiger partial charge in [0.2, 0.25) is 0 Å². The summed E-state index contributed by atoms with van der Waals surface area (Å²) in [6.07, 6.45) is 2.45. The van der Waals surface area contributed by atoms with Gasteiger partial charge in [-0.2, -0.15) is 0 Å². The Morgan fingerprint density at radius 1 is 1.40 bits per heavy atom. The minimum atomic E-state index is 0.296. The van der Waals surface area contributed by atoms with E-state index in [-0.39, 0.29) is 0 Å². The maximum absolute atomic E-state index is 5.91. The van der Waals surface area contributed by atoms with Crippen molar-refractivity contribution in [3.05, 3.63) is 0 Å². The van der Waals surface area contributed by atoms with Crippen LogP contribution in [0.3, 0.4) is 0 Å². The maximum atomic E-state index is 5.91. The highest BCUT2D eigenvalue weighted by Gasteiger charge is 2.34. The second kappa shape index (κ2) is 5.28. The van der Waals surface area contributed by atoms with Crippen molar-refractivity contribution < 1.29 is 0 Å². The lowest BCUT2D eigenvalue weighted by atomic mass is 9.96. The van der Waals surface area contributed by atoms with E-state index < -0.39 is 0 Å². The molecule has 0 saturated carbocycles. The quantitative estimate of drug-likeness (QED) is 0.763. The van der Waals surface area contributed by atoms with Crippen molar-refractivity contribution in [1.29, 1.82) is 0 Å². The molecule has 0 spiro atoms. The summed E-state index contributed by atoms with van der Waals surface area (Å²) in [5.74, 6) is 0. The van der Waals surface area contributed by atoms with Crippen LogP contribution >= 0.6 is 0 Å². The van der Waals surface area contributed by atoms with Gasteiger partial charge in [-0.1, -0.05) is 6.92 Å². The SMILES string of the molecule is CCCN1C(CN)CN(C)CCC1(C)C. The van der Waals surface area contributed by atoms with E-state index in [1.54, 1.807) is 0 Å². The highest BCUT2D eigenvalue weighted by atomic mass is 15.3. The van der Waals surface area contributed by atoms with Gasteiger partial charge in [0.05, 0.1) is 0 Å². The smallest absolute Gasteiger partial charge is 0.0350 e. The van der Waals surface area contributed by atoms with E-state index in [0.717, 1.165) is 13.1 Å². The zero-order valence-corrected chi connectivity index (χ0v) is 10.8. The van der Waals surface area contributed by atoms with E-state index in [1.165, 1.54) is 25.9 Å². The van der Waals surface area contributed by atoms with Crippen molar-refractivity contribution in [2.45, 2.75) is 45.2 Å². The first kappa shape index (κ1) is 12.9. The van der Waals surface area contributed by atoms with Crippen LogP contribution in [0.4, 0.5) is 0 Å². The van der Waals surface area contributed by atoms with Crippen LogP contribution < -0.4 is 5.73 Å². The minimum Gasteiger partial charge on any atom is -0.329 e. The number of nitrogens with zero attached hydrogens (tertiary/aromatic N) is 2. The summed E-state index contributed by atoms with van der Waals surface area (Å²) in [6, 6.07) is 0.521. The molecule has 1 fully saturated rings. The van der Waals surface area contributed by atoms with Crippen LogP contribution in [0.25, 0.3) is 0 Å². The predicted octanol–water partition coefficient (Wildman–Crippen LogP) is 1.14. The molecule has 0 aromatic rings. The summed E-state index contributed by atoms with van der Waals surface area (Å²) < 4.78 is 0. The van der Waals surface area contributed by atoms with Gasteiger partial charge in [-0.15, -0.1) is 0 Å². The van der Waals surface area contributed by atoms with E-state index in [4.69, 9.17) is 5.73 Å². The zero-order valence-electron chi connectivity index (χ0n) is 10.8. The molecule has 0 bridgehead atoms. The van der Waals surface area contributed by atoms with Crippen LogP contribution in [-0.4, -0.2) is 54.6 Å². The fraction of sp³-hybridized carbons (Fsp3) is 1.00. The fourth-order valence-electron chi connectivity index (χ4n) is 2.58. The Balaban J connectivity index is 2.80. The number of likely N-dealkylation sites (N-methyl/N-ethyl adjacent to an activating group) is 1. The van der Waals surface area contributed by atoms with Crippen molar-refractivity contribution in [2.75, 3.05) is 33.2 Å². The van der Waals surface area contributed by atoms with Gasteiger partial charge in [-0.3, -0.25) is 4.90 Å². The largest absolute Gasteiger partial charge is 0.329 e. The van der Waals surface area contributed by atoms with Gasteiger partial charge in [0, 0.05) is 24.7 Å². The number of hydrogen-bond acceptors (Lipinski definition) is 3. The van der Waals surface area contributed by atoms with Crippen LogP contribution in [0.2, 0.25) is 0 Å². The van der Waals surface area contributed by atoms with Crippen LogP contribution in [0.15, 0.2) is 0 Å². The highest BCUT2D eigenvalue weighted by molar-refractivity contribution is 4.91. The molecule has 1 unspecified atom stereocenters. The van der Waals surface area contributed by atoms with Crippen LogP contribution in [0.1, 0.15) is 33.6 Å². The van der Waals surface area contributed by atoms with E-state index >= 15 is 0 Å². The average Bonchev–Trinajstić information content (AvgIpc) is 2.29. The monoisotopic (exact) mass is 213 g/mol. The molecule has 15 heavy (non-hydrogen) atoms. The third kappa shape index (κ3) is 3.16. The second-order valence-corrected chi connectivity index (χ2v) is 5.41. The predicted molar refractivity (Wildman–Crippen MR) is 66.0 cm³/mol. The normalized spacial score (nSPS) is 29.0. The summed E-state index contributed by atoms with van der Waals surface area (Å²) in [7, 11) is 2.20. The lowest BCUT2D eigenvalue weighted by Crippen LogP contribution is -2.53. The lowest BCUT2D eigenvalue weighted by molar-refractivity contribution is 0.0790. The number of rotatable bonds is 3. The van der Waals surface area contributed by atoms with E-state index in [9.17, 15) is 0 Å². The van der Waals surface area contributed by atoms with Crippen molar-refractivity contribution in [3.8, 4) is 0 Å². The lowest BCUT2D eigenvalue weighted by Gasteiger charge is -2.41. The molecule has 1 saturated heterocycles. The van der Waals surface area contributed by atoms with Gasteiger partial charge in [-0.25, -0.2) is 0 Å². The molecule has 90 valence electrons. The molecule has 2 N–H and O–H groups in total. The molecule has 0 amide bonds. The molecular formula is C12H27N3. The van der Waals surface area contributed by atoms with Gasteiger partial charge in [0.1, 0.15) is 0 Å². The molecule has 1 aliphatic heterocycles.